The fraction of sp³-hybridized carbons (Fsp3) is 0.444. The minimum atomic E-state index is 0.570. The summed E-state index contributed by atoms with van der Waals surface area (Å²) in [6, 6.07) is 10.5. The van der Waals surface area contributed by atoms with Crippen molar-refractivity contribution in [2.45, 2.75) is 32.1 Å². The van der Waals surface area contributed by atoms with E-state index in [2.05, 4.69) is 35.7 Å². The number of hydrogen-bond donors (Lipinski definition) is 1. The van der Waals surface area contributed by atoms with E-state index in [1.807, 2.05) is 6.07 Å². The van der Waals surface area contributed by atoms with Crippen LogP contribution in [0.15, 0.2) is 40.8 Å². The first-order chi connectivity index (χ1) is 9.85. The lowest BCUT2D eigenvalue weighted by Crippen LogP contribution is -2.37. The van der Waals surface area contributed by atoms with Gasteiger partial charge in [0, 0.05) is 5.39 Å². The molecule has 0 atom stereocenters. The van der Waals surface area contributed by atoms with E-state index in [0.29, 0.717) is 5.41 Å². The molecular formula is C18H21NO. The smallest absolute Gasteiger partial charge is 0.134 e. The lowest BCUT2D eigenvalue weighted by Gasteiger charge is -2.39. The number of hydrogen-bond acceptors (Lipinski definition) is 2. The SMILES string of the molecule is C1=C(c2cc3ccccc3o2)CCC2(C1)CCNCC2. The average molecular weight is 267 g/mol. The van der Waals surface area contributed by atoms with Crippen LogP contribution in [0.25, 0.3) is 16.5 Å². The van der Waals surface area contributed by atoms with Gasteiger partial charge >= 0.3 is 0 Å². The maximum Gasteiger partial charge on any atom is 0.134 e. The number of para-hydroxylation sites is 1. The van der Waals surface area contributed by atoms with E-state index < -0.39 is 0 Å². The van der Waals surface area contributed by atoms with Crippen LogP contribution in [0, 0.1) is 5.41 Å². The normalized spacial score (nSPS) is 22.1. The van der Waals surface area contributed by atoms with Gasteiger partial charge in [-0.25, -0.2) is 0 Å². The van der Waals surface area contributed by atoms with Crippen LogP contribution in [0.3, 0.4) is 0 Å². The third-order valence-electron chi connectivity index (χ3n) is 5.11. The molecule has 2 heteroatoms. The van der Waals surface area contributed by atoms with E-state index in [4.69, 9.17) is 4.42 Å². The van der Waals surface area contributed by atoms with Gasteiger partial charge in [0.05, 0.1) is 0 Å². The molecule has 1 N–H and O–H groups in total. The molecule has 2 aliphatic rings. The number of furan rings is 1. The largest absolute Gasteiger partial charge is 0.456 e. The van der Waals surface area contributed by atoms with Gasteiger partial charge in [-0.05, 0) is 68.3 Å². The van der Waals surface area contributed by atoms with Crippen LogP contribution in [-0.4, -0.2) is 13.1 Å². The summed E-state index contributed by atoms with van der Waals surface area (Å²) in [4.78, 5) is 0. The summed E-state index contributed by atoms with van der Waals surface area (Å²) in [7, 11) is 0. The van der Waals surface area contributed by atoms with Crippen LogP contribution in [0.2, 0.25) is 0 Å². The molecule has 2 aromatic rings. The van der Waals surface area contributed by atoms with Crippen molar-refractivity contribution in [3.8, 4) is 0 Å². The first-order valence-electron chi connectivity index (χ1n) is 7.73. The summed E-state index contributed by atoms with van der Waals surface area (Å²) >= 11 is 0. The van der Waals surface area contributed by atoms with E-state index in [-0.39, 0.29) is 0 Å². The molecule has 1 fully saturated rings. The molecule has 104 valence electrons. The molecule has 1 spiro atoms. The van der Waals surface area contributed by atoms with Crippen molar-refractivity contribution in [1.82, 2.24) is 5.32 Å². The van der Waals surface area contributed by atoms with Crippen LogP contribution in [0.4, 0.5) is 0 Å². The lowest BCUT2D eigenvalue weighted by atomic mass is 9.69. The summed E-state index contributed by atoms with van der Waals surface area (Å²) < 4.78 is 6.00. The lowest BCUT2D eigenvalue weighted by molar-refractivity contribution is 0.184. The zero-order valence-electron chi connectivity index (χ0n) is 11.8. The molecule has 20 heavy (non-hydrogen) atoms. The molecule has 0 saturated carbocycles. The van der Waals surface area contributed by atoms with Crippen molar-refractivity contribution in [3.63, 3.8) is 0 Å². The Balaban J connectivity index is 1.60. The maximum atomic E-state index is 6.00. The van der Waals surface area contributed by atoms with Crippen molar-refractivity contribution in [2.75, 3.05) is 13.1 Å². The first kappa shape index (κ1) is 12.2. The number of piperidine rings is 1. The van der Waals surface area contributed by atoms with Gasteiger partial charge in [-0.2, -0.15) is 0 Å². The van der Waals surface area contributed by atoms with Gasteiger partial charge in [0.1, 0.15) is 11.3 Å². The number of nitrogens with one attached hydrogen (secondary N) is 1. The summed E-state index contributed by atoms with van der Waals surface area (Å²) in [5.41, 5.74) is 2.98. The fourth-order valence-electron chi connectivity index (χ4n) is 3.72. The Hall–Kier alpha value is -1.54. The molecule has 1 aliphatic carbocycles. The molecule has 1 saturated heterocycles. The Kier molecular flexibility index (Phi) is 2.92. The van der Waals surface area contributed by atoms with E-state index in [1.54, 1.807) is 0 Å². The van der Waals surface area contributed by atoms with Gasteiger partial charge in [0.15, 0.2) is 0 Å². The van der Waals surface area contributed by atoms with Crippen molar-refractivity contribution in [2.24, 2.45) is 5.41 Å². The topological polar surface area (TPSA) is 25.2 Å². The van der Waals surface area contributed by atoms with Gasteiger partial charge in [-0.15, -0.1) is 0 Å². The van der Waals surface area contributed by atoms with Crippen LogP contribution in [0.1, 0.15) is 37.9 Å². The molecule has 0 bridgehead atoms. The first-order valence-corrected chi connectivity index (χ1v) is 7.73. The molecular weight excluding hydrogens is 246 g/mol. The molecule has 2 nitrogen and oxygen atoms in total. The monoisotopic (exact) mass is 267 g/mol. The average Bonchev–Trinajstić information content (AvgIpc) is 2.93. The highest BCUT2D eigenvalue weighted by atomic mass is 16.3. The van der Waals surface area contributed by atoms with Gasteiger partial charge < -0.3 is 9.73 Å². The van der Waals surface area contributed by atoms with Crippen molar-refractivity contribution in [3.05, 3.63) is 42.2 Å². The molecule has 0 amide bonds. The number of allylic oxidation sites excluding steroid dienone is 2. The molecule has 4 rings (SSSR count). The van der Waals surface area contributed by atoms with Crippen LogP contribution in [0.5, 0.6) is 0 Å². The van der Waals surface area contributed by atoms with Gasteiger partial charge in [0.2, 0.25) is 0 Å². The molecule has 1 aromatic carbocycles. The highest BCUT2D eigenvalue weighted by Gasteiger charge is 2.33. The molecule has 0 unspecified atom stereocenters. The molecule has 1 aromatic heterocycles. The number of benzene rings is 1. The minimum absolute atomic E-state index is 0.570. The Bertz CT molecular complexity index is 613. The number of rotatable bonds is 1. The second-order valence-corrected chi connectivity index (χ2v) is 6.33. The zero-order chi connectivity index (χ0) is 13.4. The van der Waals surface area contributed by atoms with Crippen molar-refractivity contribution < 1.29 is 4.42 Å². The third kappa shape index (κ3) is 2.08. The maximum absolute atomic E-state index is 6.00. The van der Waals surface area contributed by atoms with E-state index in [0.717, 1.165) is 11.3 Å². The standard InChI is InChI=1S/C18H21NO/c1-2-4-16-15(3-1)13-17(20-16)14-5-7-18(8-6-14)9-11-19-12-10-18/h1-5,13,19H,6-12H2. The van der Waals surface area contributed by atoms with Crippen LogP contribution >= 0.6 is 0 Å². The van der Waals surface area contributed by atoms with Gasteiger partial charge in [-0.1, -0.05) is 24.3 Å². The van der Waals surface area contributed by atoms with Crippen molar-refractivity contribution in [1.29, 1.82) is 0 Å². The summed E-state index contributed by atoms with van der Waals surface area (Å²) in [6.07, 6.45) is 8.80. The van der Waals surface area contributed by atoms with Gasteiger partial charge in [0.25, 0.3) is 0 Å². The molecule has 0 radical (unpaired) electrons. The molecule has 2 heterocycles. The minimum Gasteiger partial charge on any atom is -0.456 e. The van der Waals surface area contributed by atoms with Crippen LogP contribution < -0.4 is 5.32 Å². The Morgan fingerprint density at radius 2 is 1.90 bits per heavy atom. The fourth-order valence-corrected chi connectivity index (χ4v) is 3.72. The Morgan fingerprint density at radius 1 is 1.05 bits per heavy atom. The van der Waals surface area contributed by atoms with Crippen LogP contribution in [-0.2, 0) is 0 Å². The highest BCUT2D eigenvalue weighted by Crippen LogP contribution is 2.45. The summed E-state index contributed by atoms with van der Waals surface area (Å²) in [6.45, 7) is 2.38. The van der Waals surface area contributed by atoms with E-state index in [9.17, 15) is 0 Å². The Labute approximate surface area is 119 Å². The summed E-state index contributed by atoms with van der Waals surface area (Å²) in [5.74, 6) is 1.08. The quantitative estimate of drug-likeness (QED) is 0.830. The predicted molar refractivity (Wildman–Crippen MR) is 82.6 cm³/mol. The zero-order valence-corrected chi connectivity index (χ0v) is 11.8. The Morgan fingerprint density at radius 3 is 2.65 bits per heavy atom. The number of fused-ring (bicyclic) bond motifs is 1. The molecule has 1 aliphatic heterocycles. The second kappa shape index (κ2) is 4.78. The highest BCUT2D eigenvalue weighted by molar-refractivity contribution is 5.82. The van der Waals surface area contributed by atoms with Gasteiger partial charge in [-0.3, -0.25) is 0 Å². The van der Waals surface area contributed by atoms with E-state index >= 15 is 0 Å². The van der Waals surface area contributed by atoms with E-state index in [1.165, 1.54) is 56.2 Å². The second-order valence-electron chi connectivity index (χ2n) is 6.33. The summed E-state index contributed by atoms with van der Waals surface area (Å²) in [5, 5.41) is 4.69. The van der Waals surface area contributed by atoms with Crippen molar-refractivity contribution >= 4 is 16.5 Å². The third-order valence-corrected chi connectivity index (χ3v) is 5.11. The predicted octanol–water partition coefficient (Wildman–Crippen LogP) is 4.37.